The SMILES string of the molecule is Cl.Cl.O=C(NCC1CNCC1O)c1cccc(NC(=O)c2cccnc2)c1. The molecule has 1 aromatic carbocycles. The number of halogens is 2. The normalized spacial score (nSPS) is 18.0. The first-order chi connectivity index (χ1) is 12.1. The number of hydrogen-bond donors (Lipinski definition) is 4. The van der Waals surface area contributed by atoms with Gasteiger partial charge < -0.3 is 21.1 Å². The van der Waals surface area contributed by atoms with E-state index >= 15 is 0 Å². The van der Waals surface area contributed by atoms with Crippen molar-refractivity contribution in [1.29, 1.82) is 0 Å². The minimum atomic E-state index is -0.439. The van der Waals surface area contributed by atoms with E-state index in [1.54, 1.807) is 42.6 Å². The number of pyridine rings is 1. The number of β-amino-alcohol motifs (C(OH)–C–C–N with tert-alkyl or cyclic N) is 1. The fraction of sp³-hybridized carbons (Fsp3) is 0.278. The summed E-state index contributed by atoms with van der Waals surface area (Å²) in [6, 6.07) is 10.1. The second-order valence-corrected chi connectivity index (χ2v) is 5.97. The molecule has 7 nitrogen and oxygen atoms in total. The van der Waals surface area contributed by atoms with E-state index in [-0.39, 0.29) is 42.5 Å². The van der Waals surface area contributed by atoms with Crippen molar-refractivity contribution in [3.05, 3.63) is 59.9 Å². The lowest BCUT2D eigenvalue weighted by Gasteiger charge is -2.14. The van der Waals surface area contributed by atoms with Gasteiger partial charge in [-0.15, -0.1) is 24.8 Å². The minimum Gasteiger partial charge on any atom is -0.391 e. The molecule has 146 valence electrons. The molecule has 1 saturated heterocycles. The summed E-state index contributed by atoms with van der Waals surface area (Å²) in [5.74, 6) is -0.514. The molecule has 1 aliphatic rings. The Morgan fingerprint density at radius 2 is 1.89 bits per heavy atom. The Morgan fingerprint density at radius 1 is 1.11 bits per heavy atom. The number of aromatic nitrogens is 1. The second-order valence-electron chi connectivity index (χ2n) is 5.97. The maximum absolute atomic E-state index is 12.3. The predicted molar refractivity (Wildman–Crippen MR) is 108 cm³/mol. The summed E-state index contributed by atoms with van der Waals surface area (Å²) in [5, 5.41) is 18.4. The van der Waals surface area contributed by atoms with Crippen LogP contribution in [-0.2, 0) is 0 Å². The van der Waals surface area contributed by atoms with Crippen LogP contribution >= 0.6 is 24.8 Å². The van der Waals surface area contributed by atoms with Crippen LogP contribution in [0.3, 0.4) is 0 Å². The first-order valence-electron chi connectivity index (χ1n) is 8.12. The fourth-order valence-corrected chi connectivity index (χ4v) is 2.69. The van der Waals surface area contributed by atoms with E-state index in [0.717, 1.165) is 0 Å². The molecular weight excluding hydrogens is 391 g/mol. The smallest absolute Gasteiger partial charge is 0.257 e. The highest BCUT2D eigenvalue weighted by atomic mass is 35.5. The standard InChI is InChI=1S/C18H20N4O3.2ClH/c23-16-11-20-9-14(16)10-21-17(24)12-3-1-5-15(7-12)22-18(25)13-4-2-6-19-8-13;;/h1-8,14,16,20,23H,9-11H2,(H,21,24)(H,22,25);2*1H. The molecule has 0 spiro atoms. The third-order valence-corrected chi connectivity index (χ3v) is 4.14. The lowest BCUT2D eigenvalue weighted by Crippen LogP contribution is -2.34. The van der Waals surface area contributed by atoms with Gasteiger partial charge in [-0.2, -0.15) is 0 Å². The van der Waals surface area contributed by atoms with Gasteiger partial charge in [0.05, 0.1) is 11.7 Å². The summed E-state index contributed by atoms with van der Waals surface area (Å²) in [5.41, 5.74) is 1.42. The zero-order chi connectivity index (χ0) is 17.6. The molecule has 4 N–H and O–H groups in total. The largest absolute Gasteiger partial charge is 0.391 e. The van der Waals surface area contributed by atoms with Gasteiger partial charge in [0.25, 0.3) is 11.8 Å². The van der Waals surface area contributed by atoms with Crippen LogP contribution in [0.15, 0.2) is 48.8 Å². The number of anilines is 1. The van der Waals surface area contributed by atoms with Crippen LogP contribution in [0.1, 0.15) is 20.7 Å². The van der Waals surface area contributed by atoms with Gasteiger partial charge in [0, 0.05) is 49.2 Å². The molecular formula is C18H22Cl2N4O3. The van der Waals surface area contributed by atoms with Crippen molar-refractivity contribution in [2.75, 3.05) is 25.0 Å². The summed E-state index contributed by atoms with van der Waals surface area (Å²) in [4.78, 5) is 28.3. The van der Waals surface area contributed by atoms with Crippen molar-refractivity contribution < 1.29 is 14.7 Å². The van der Waals surface area contributed by atoms with Crippen molar-refractivity contribution in [1.82, 2.24) is 15.6 Å². The molecule has 1 fully saturated rings. The second kappa shape index (κ2) is 10.8. The predicted octanol–water partition coefficient (Wildman–Crippen LogP) is 1.49. The molecule has 2 atom stereocenters. The molecule has 0 radical (unpaired) electrons. The lowest BCUT2D eigenvalue weighted by molar-refractivity contribution is 0.0926. The Bertz CT molecular complexity index is 761. The summed E-state index contributed by atoms with van der Waals surface area (Å²) in [6.07, 6.45) is 2.64. The van der Waals surface area contributed by atoms with Gasteiger partial charge in [-0.1, -0.05) is 6.07 Å². The monoisotopic (exact) mass is 412 g/mol. The van der Waals surface area contributed by atoms with Crippen LogP contribution in [0.2, 0.25) is 0 Å². The van der Waals surface area contributed by atoms with Gasteiger partial charge in [0.15, 0.2) is 0 Å². The summed E-state index contributed by atoms with van der Waals surface area (Å²) < 4.78 is 0. The number of nitrogens with one attached hydrogen (secondary N) is 3. The zero-order valence-corrected chi connectivity index (χ0v) is 16.1. The average Bonchev–Trinajstić information content (AvgIpc) is 3.05. The molecule has 0 bridgehead atoms. The third kappa shape index (κ3) is 6.18. The molecule has 2 unspecified atom stereocenters. The van der Waals surface area contributed by atoms with Gasteiger partial charge in [-0.3, -0.25) is 14.6 Å². The van der Waals surface area contributed by atoms with Crippen LogP contribution in [-0.4, -0.2) is 47.6 Å². The maximum atomic E-state index is 12.3. The molecule has 3 rings (SSSR count). The molecule has 1 aromatic heterocycles. The highest BCUT2D eigenvalue weighted by molar-refractivity contribution is 6.04. The number of rotatable bonds is 5. The van der Waals surface area contributed by atoms with E-state index in [2.05, 4.69) is 20.9 Å². The Labute approximate surface area is 169 Å². The Hall–Kier alpha value is -2.19. The Kier molecular flexibility index (Phi) is 9.17. The molecule has 2 aromatic rings. The van der Waals surface area contributed by atoms with Gasteiger partial charge in [0.2, 0.25) is 0 Å². The molecule has 9 heteroatoms. The van der Waals surface area contributed by atoms with Gasteiger partial charge >= 0.3 is 0 Å². The summed E-state index contributed by atoms with van der Waals surface area (Å²) in [7, 11) is 0. The first-order valence-corrected chi connectivity index (χ1v) is 8.12. The Morgan fingerprint density at radius 3 is 2.56 bits per heavy atom. The van der Waals surface area contributed by atoms with E-state index in [0.29, 0.717) is 36.4 Å². The van der Waals surface area contributed by atoms with Crippen LogP contribution in [0.5, 0.6) is 0 Å². The van der Waals surface area contributed by atoms with Crippen molar-refractivity contribution in [2.24, 2.45) is 5.92 Å². The van der Waals surface area contributed by atoms with Crippen molar-refractivity contribution >= 4 is 42.3 Å². The molecule has 0 aliphatic carbocycles. The molecule has 2 amide bonds. The lowest BCUT2D eigenvalue weighted by atomic mass is 10.1. The zero-order valence-electron chi connectivity index (χ0n) is 14.4. The number of aliphatic hydroxyl groups is 1. The number of benzene rings is 1. The number of aliphatic hydroxyl groups excluding tert-OH is 1. The molecule has 0 saturated carbocycles. The van der Waals surface area contributed by atoms with E-state index in [9.17, 15) is 14.7 Å². The van der Waals surface area contributed by atoms with Crippen LogP contribution < -0.4 is 16.0 Å². The van der Waals surface area contributed by atoms with Gasteiger partial charge in [0.1, 0.15) is 0 Å². The molecule has 27 heavy (non-hydrogen) atoms. The Balaban J connectivity index is 0.00000182. The summed E-state index contributed by atoms with van der Waals surface area (Å²) in [6.45, 7) is 1.64. The van der Waals surface area contributed by atoms with Gasteiger partial charge in [-0.05, 0) is 30.3 Å². The third-order valence-electron chi connectivity index (χ3n) is 4.14. The average molecular weight is 413 g/mol. The van der Waals surface area contributed by atoms with E-state index in [1.165, 1.54) is 6.20 Å². The van der Waals surface area contributed by atoms with E-state index in [1.807, 2.05) is 0 Å². The number of amides is 2. The van der Waals surface area contributed by atoms with Crippen LogP contribution in [0.4, 0.5) is 5.69 Å². The fourth-order valence-electron chi connectivity index (χ4n) is 2.69. The molecule has 1 aliphatic heterocycles. The number of hydrogen-bond acceptors (Lipinski definition) is 5. The number of carbonyl (C=O) groups is 2. The van der Waals surface area contributed by atoms with Crippen LogP contribution in [0.25, 0.3) is 0 Å². The number of nitrogens with zero attached hydrogens (tertiary/aromatic N) is 1. The van der Waals surface area contributed by atoms with Crippen molar-refractivity contribution in [3.8, 4) is 0 Å². The quantitative estimate of drug-likeness (QED) is 0.595. The minimum absolute atomic E-state index is 0. The van der Waals surface area contributed by atoms with Crippen LogP contribution in [0, 0.1) is 5.92 Å². The number of carbonyl (C=O) groups excluding carboxylic acids is 2. The van der Waals surface area contributed by atoms with Crippen molar-refractivity contribution in [3.63, 3.8) is 0 Å². The summed E-state index contributed by atoms with van der Waals surface area (Å²) >= 11 is 0. The first kappa shape index (κ1) is 22.9. The van der Waals surface area contributed by atoms with E-state index < -0.39 is 6.10 Å². The highest BCUT2D eigenvalue weighted by Gasteiger charge is 2.25. The molecule has 2 heterocycles. The van der Waals surface area contributed by atoms with E-state index in [4.69, 9.17) is 0 Å². The topological polar surface area (TPSA) is 103 Å². The van der Waals surface area contributed by atoms with Crippen molar-refractivity contribution in [2.45, 2.75) is 6.10 Å². The van der Waals surface area contributed by atoms with Gasteiger partial charge in [-0.25, -0.2) is 0 Å². The maximum Gasteiger partial charge on any atom is 0.257 e. The highest BCUT2D eigenvalue weighted by Crippen LogP contribution is 2.13.